The van der Waals surface area contributed by atoms with E-state index in [1.807, 2.05) is 11.8 Å². The third-order valence-corrected chi connectivity index (χ3v) is 6.77. The summed E-state index contributed by atoms with van der Waals surface area (Å²) in [6.07, 6.45) is 8.57. The lowest BCUT2D eigenvalue weighted by atomic mass is 9.95. The molecule has 0 aromatic carbocycles. The van der Waals surface area contributed by atoms with Crippen LogP contribution in [0.25, 0.3) is 0 Å². The molecule has 0 radical (unpaired) electrons. The summed E-state index contributed by atoms with van der Waals surface area (Å²) in [5.41, 5.74) is 0.134. The van der Waals surface area contributed by atoms with Gasteiger partial charge < -0.3 is 15.4 Å². The molecule has 0 spiro atoms. The van der Waals surface area contributed by atoms with Gasteiger partial charge in [-0.05, 0) is 25.0 Å². The maximum Gasteiger partial charge on any atom is 0.315 e. The fraction of sp³-hybridized carbons (Fsp3) is 0.941. The van der Waals surface area contributed by atoms with Crippen molar-refractivity contribution in [2.75, 3.05) is 44.4 Å². The van der Waals surface area contributed by atoms with Gasteiger partial charge >= 0.3 is 6.03 Å². The highest BCUT2D eigenvalue weighted by atomic mass is 32.2. The zero-order valence-corrected chi connectivity index (χ0v) is 15.0. The maximum atomic E-state index is 12.3. The van der Waals surface area contributed by atoms with Gasteiger partial charge in [-0.1, -0.05) is 25.7 Å². The molecule has 0 bridgehead atoms. The van der Waals surface area contributed by atoms with Crippen LogP contribution in [0.15, 0.2) is 0 Å². The number of rotatable bonds is 4. The minimum Gasteiger partial charge on any atom is -0.379 e. The van der Waals surface area contributed by atoms with E-state index in [0.29, 0.717) is 6.04 Å². The maximum absolute atomic E-state index is 12.3. The van der Waals surface area contributed by atoms with Crippen molar-refractivity contribution in [2.45, 2.75) is 56.5 Å². The van der Waals surface area contributed by atoms with E-state index >= 15 is 0 Å². The van der Waals surface area contributed by atoms with E-state index in [0.717, 1.165) is 51.4 Å². The Hall–Kier alpha value is -0.460. The molecule has 3 fully saturated rings. The van der Waals surface area contributed by atoms with E-state index in [1.165, 1.54) is 37.9 Å². The average molecular weight is 342 g/mol. The first kappa shape index (κ1) is 17.4. The van der Waals surface area contributed by atoms with Crippen LogP contribution in [0.4, 0.5) is 4.79 Å². The van der Waals surface area contributed by atoms with Crippen LogP contribution in [0.3, 0.4) is 0 Å². The van der Waals surface area contributed by atoms with Gasteiger partial charge in [-0.3, -0.25) is 4.90 Å². The van der Waals surface area contributed by atoms with Crippen LogP contribution in [0.2, 0.25) is 0 Å². The van der Waals surface area contributed by atoms with Crippen molar-refractivity contribution in [3.63, 3.8) is 0 Å². The zero-order valence-electron chi connectivity index (χ0n) is 14.1. The third-order valence-electron chi connectivity index (χ3n) is 5.53. The molecule has 2 N–H and O–H groups in total. The average Bonchev–Trinajstić information content (AvgIpc) is 2.93. The first-order chi connectivity index (χ1) is 11.3. The minimum atomic E-state index is 0.0291. The van der Waals surface area contributed by atoms with Crippen molar-refractivity contribution < 1.29 is 9.53 Å². The first-order valence-electron chi connectivity index (χ1n) is 9.23. The second kappa shape index (κ2) is 8.58. The topological polar surface area (TPSA) is 53.6 Å². The second-order valence-corrected chi connectivity index (χ2v) is 8.25. The number of morpholine rings is 1. The Morgan fingerprint density at radius 1 is 1.17 bits per heavy atom. The molecule has 132 valence electrons. The minimum absolute atomic E-state index is 0.0291. The Morgan fingerprint density at radius 3 is 2.57 bits per heavy atom. The lowest BCUT2D eigenvalue weighted by molar-refractivity contribution is -0.0124. The fourth-order valence-corrected chi connectivity index (χ4v) is 5.52. The standard InChI is InChI=1S/C17H31N3O2S/c21-16(19-15-5-3-1-2-4-6-15)18-13-17(7-12-23-14-17)20-8-10-22-11-9-20/h15H,1-14H2,(H2,18,19,21)/t17-/m0/s1. The molecule has 6 heteroatoms. The lowest BCUT2D eigenvalue weighted by Gasteiger charge is -2.43. The zero-order chi connectivity index (χ0) is 16.0. The molecule has 23 heavy (non-hydrogen) atoms. The number of amides is 2. The van der Waals surface area contributed by atoms with E-state index in [9.17, 15) is 4.79 Å². The molecule has 2 saturated heterocycles. The normalized spacial score (nSPS) is 30.8. The van der Waals surface area contributed by atoms with Gasteiger partial charge in [-0.15, -0.1) is 0 Å². The molecule has 3 rings (SSSR count). The lowest BCUT2D eigenvalue weighted by Crippen LogP contribution is -2.60. The molecule has 1 atom stereocenters. The summed E-state index contributed by atoms with van der Waals surface area (Å²) in [7, 11) is 0. The van der Waals surface area contributed by atoms with Crippen LogP contribution in [-0.2, 0) is 4.74 Å². The summed E-state index contributed by atoms with van der Waals surface area (Å²) < 4.78 is 5.49. The van der Waals surface area contributed by atoms with Gasteiger partial charge in [0.1, 0.15) is 0 Å². The Balaban J connectivity index is 1.49. The van der Waals surface area contributed by atoms with Crippen molar-refractivity contribution >= 4 is 17.8 Å². The molecular weight excluding hydrogens is 310 g/mol. The smallest absolute Gasteiger partial charge is 0.315 e. The molecule has 0 aromatic rings. The molecule has 5 nitrogen and oxygen atoms in total. The van der Waals surface area contributed by atoms with E-state index < -0.39 is 0 Å². The summed E-state index contributed by atoms with van der Waals surface area (Å²) in [6, 6.07) is 0.399. The highest BCUT2D eigenvalue weighted by Crippen LogP contribution is 2.33. The van der Waals surface area contributed by atoms with Crippen molar-refractivity contribution in [3.8, 4) is 0 Å². The summed E-state index contributed by atoms with van der Waals surface area (Å²) in [4.78, 5) is 14.9. The predicted molar refractivity (Wildman–Crippen MR) is 95.1 cm³/mol. The number of urea groups is 1. The number of ether oxygens (including phenoxy) is 1. The number of carbonyl (C=O) groups excluding carboxylic acids is 1. The predicted octanol–water partition coefficient (Wildman–Crippen LogP) is 2.22. The Kier molecular flexibility index (Phi) is 6.48. The summed E-state index contributed by atoms with van der Waals surface area (Å²) in [5, 5.41) is 6.39. The molecule has 1 aliphatic carbocycles. The van der Waals surface area contributed by atoms with Crippen molar-refractivity contribution in [1.82, 2.24) is 15.5 Å². The second-order valence-electron chi connectivity index (χ2n) is 7.14. The van der Waals surface area contributed by atoms with Crippen LogP contribution in [0.5, 0.6) is 0 Å². The number of nitrogens with zero attached hydrogens (tertiary/aromatic N) is 1. The Bertz CT molecular complexity index is 374. The summed E-state index contributed by atoms with van der Waals surface area (Å²) in [6.45, 7) is 4.39. The number of nitrogens with one attached hydrogen (secondary N) is 2. The molecule has 1 saturated carbocycles. The summed E-state index contributed by atoms with van der Waals surface area (Å²) >= 11 is 2.01. The van der Waals surface area contributed by atoms with Gasteiger partial charge in [0.15, 0.2) is 0 Å². The molecule has 2 aliphatic heterocycles. The van der Waals surface area contributed by atoms with Gasteiger partial charge in [-0.2, -0.15) is 11.8 Å². The Labute approximate surface area is 144 Å². The van der Waals surface area contributed by atoms with Crippen molar-refractivity contribution in [3.05, 3.63) is 0 Å². The van der Waals surface area contributed by atoms with Crippen molar-refractivity contribution in [2.24, 2.45) is 0 Å². The molecule has 0 aromatic heterocycles. The monoisotopic (exact) mass is 341 g/mol. The number of carbonyl (C=O) groups is 1. The fourth-order valence-electron chi connectivity index (χ4n) is 4.04. The van der Waals surface area contributed by atoms with Gasteiger partial charge in [-0.25, -0.2) is 4.79 Å². The SMILES string of the molecule is O=C(NC[C@@]1(N2CCOCC2)CCSC1)NC1CCCCCC1. The van der Waals surface area contributed by atoms with Crippen LogP contribution >= 0.6 is 11.8 Å². The van der Waals surface area contributed by atoms with E-state index in [2.05, 4.69) is 15.5 Å². The molecule has 2 heterocycles. The van der Waals surface area contributed by atoms with Gasteiger partial charge in [0, 0.05) is 37.0 Å². The van der Waals surface area contributed by atoms with Gasteiger partial charge in [0.05, 0.1) is 13.2 Å². The van der Waals surface area contributed by atoms with Crippen LogP contribution in [0, 0.1) is 0 Å². The molecule has 2 amide bonds. The van der Waals surface area contributed by atoms with Crippen LogP contribution < -0.4 is 10.6 Å². The number of thioether (sulfide) groups is 1. The number of hydrogen-bond donors (Lipinski definition) is 2. The molecule has 0 unspecified atom stereocenters. The quantitative estimate of drug-likeness (QED) is 0.770. The largest absolute Gasteiger partial charge is 0.379 e. The number of hydrogen-bond acceptors (Lipinski definition) is 4. The highest BCUT2D eigenvalue weighted by molar-refractivity contribution is 7.99. The van der Waals surface area contributed by atoms with Crippen LogP contribution in [0.1, 0.15) is 44.9 Å². The Morgan fingerprint density at radius 2 is 1.91 bits per heavy atom. The third kappa shape index (κ3) is 4.77. The van der Waals surface area contributed by atoms with Gasteiger partial charge in [0.25, 0.3) is 0 Å². The molecular formula is C17H31N3O2S. The van der Waals surface area contributed by atoms with Crippen LogP contribution in [-0.4, -0.2) is 66.9 Å². The van der Waals surface area contributed by atoms with Gasteiger partial charge in [0.2, 0.25) is 0 Å². The van der Waals surface area contributed by atoms with E-state index in [4.69, 9.17) is 4.74 Å². The van der Waals surface area contributed by atoms with E-state index in [-0.39, 0.29) is 11.6 Å². The molecule has 3 aliphatic rings. The summed E-state index contributed by atoms with van der Waals surface area (Å²) in [5.74, 6) is 2.32. The van der Waals surface area contributed by atoms with E-state index in [1.54, 1.807) is 0 Å². The highest BCUT2D eigenvalue weighted by Gasteiger charge is 2.40. The first-order valence-corrected chi connectivity index (χ1v) is 10.4. The van der Waals surface area contributed by atoms with Crippen molar-refractivity contribution in [1.29, 1.82) is 0 Å².